The maximum Gasteiger partial charge on any atom is 0.272 e. The van der Waals surface area contributed by atoms with Gasteiger partial charge in [0.05, 0.1) is 16.9 Å². The van der Waals surface area contributed by atoms with Crippen LogP contribution >= 0.6 is 0 Å². The Morgan fingerprint density at radius 1 is 1.29 bits per heavy atom. The summed E-state index contributed by atoms with van der Waals surface area (Å²) in [7, 11) is 0. The Labute approximate surface area is 176 Å². The zero-order valence-electron chi connectivity index (χ0n) is 16.7. The fourth-order valence-corrected chi connectivity index (χ4v) is 3.63. The van der Waals surface area contributed by atoms with Gasteiger partial charge >= 0.3 is 0 Å². The summed E-state index contributed by atoms with van der Waals surface area (Å²) in [6, 6.07) is 5.32. The van der Waals surface area contributed by atoms with Crippen LogP contribution in [-0.4, -0.2) is 39.3 Å². The Kier molecular flexibility index (Phi) is 4.54. The van der Waals surface area contributed by atoms with Gasteiger partial charge in [0, 0.05) is 18.7 Å². The molecule has 0 unspecified atom stereocenters. The van der Waals surface area contributed by atoms with Crippen molar-refractivity contribution in [2.24, 2.45) is 11.8 Å². The smallest absolute Gasteiger partial charge is 0.272 e. The van der Waals surface area contributed by atoms with Crippen LogP contribution in [0.4, 0.5) is 11.4 Å². The number of nitrogens with zero attached hydrogens (tertiary/aromatic N) is 2. The Morgan fingerprint density at radius 3 is 2.94 bits per heavy atom. The minimum Gasteiger partial charge on any atom is -0.482 e. The van der Waals surface area contributed by atoms with Crippen molar-refractivity contribution in [3.8, 4) is 5.75 Å². The molecule has 2 aliphatic rings. The van der Waals surface area contributed by atoms with Gasteiger partial charge in [-0.1, -0.05) is 13.0 Å². The zero-order chi connectivity index (χ0) is 21.5. The number of aromatic nitrogens is 3. The number of amides is 3. The Morgan fingerprint density at radius 2 is 2.13 bits per heavy atom. The molecular weight excluding hydrogens is 400 g/mol. The van der Waals surface area contributed by atoms with Crippen LogP contribution in [0, 0.1) is 11.8 Å². The van der Waals surface area contributed by atoms with E-state index in [1.807, 2.05) is 13.0 Å². The summed E-state index contributed by atoms with van der Waals surface area (Å²) in [6.45, 7) is 2.26. The third kappa shape index (κ3) is 3.67. The van der Waals surface area contributed by atoms with Crippen LogP contribution in [0.3, 0.4) is 0 Å². The normalized spacial score (nSPS) is 19.2. The van der Waals surface area contributed by atoms with Gasteiger partial charge in [0.2, 0.25) is 5.91 Å². The van der Waals surface area contributed by atoms with Gasteiger partial charge < -0.3 is 25.7 Å². The van der Waals surface area contributed by atoms with Gasteiger partial charge in [0.25, 0.3) is 11.8 Å². The highest BCUT2D eigenvalue weighted by molar-refractivity contribution is 6.08. The van der Waals surface area contributed by atoms with Crippen LogP contribution in [0.15, 0.2) is 30.7 Å². The molecule has 0 bridgehead atoms. The summed E-state index contributed by atoms with van der Waals surface area (Å²) in [5.74, 6) is 0.366. The van der Waals surface area contributed by atoms with Gasteiger partial charge in [-0.3, -0.25) is 14.4 Å². The summed E-state index contributed by atoms with van der Waals surface area (Å²) in [6.07, 6.45) is 3.80. The van der Waals surface area contributed by atoms with Crippen molar-refractivity contribution in [3.05, 3.63) is 42.0 Å². The molecule has 3 amide bonds. The SMILES string of the molecule is C[C@@H]1C[C@H]1C(=O)Nc1c[nH]c2c(C(=O)NCc3ccc4c(c3)NC(=O)CO4)ncnc12. The molecule has 10 nitrogen and oxygen atoms in total. The number of anilines is 2. The van der Waals surface area contributed by atoms with Crippen molar-refractivity contribution in [3.63, 3.8) is 0 Å². The number of H-pyrrole nitrogens is 1. The first-order valence-corrected chi connectivity index (χ1v) is 9.96. The lowest BCUT2D eigenvalue weighted by Gasteiger charge is -2.18. The highest BCUT2D eigenvalue weighted by Gasteiger charge is 2.39. The van der Waals surface area contributed by atoms with E-state index in [2.05, 4.69) is 30.9 Å². The van der Waals surface area contributed by atoms with Crippen LogP contribution in [0.1, 0.15) is 29.4 Å². The average molecular weight is 420 g/mol. The van der Waals surface area contributed by atoms with Crippen LogP contribution in [0.5, 0.6) is 5.75 Å². The van der Waals surface area contributed by atoms with E-state index >= 15 is 0 Å². The summed E-state index contributed by atoms with van der Waals surface area (Å²) in [4.78, 5) is 47.8. The van der Waals surface area contributed by atoms with Gasteiger partial charge in [0.1, 0.15) is 17.6 Å². The van der Waals surface area contributed by atoms with E-state index in [-0.39, 0.29) is 42.5 Å². The molecule has 2 atom stereocenters. The first-order valence-electron chi connectivity index (χ1n) is 9.96. The predicted octanol–water partition coefficient (Wildman–Crippen LogP) is 1.81. The third-order valence-corrected chi connectivity index (χ3v) is 5.51. The molecule has 1 aliphatic heterocycles. The first-order chi connectivity index (χ1) is 15.0. The lowest BCUT2D eigenvalue weighted by Crippen LogP contribution is -2.26. The number of rotatable bonds is 5. The van der Waals surface area contributed by atoms with E-state index in [1.165, 1.54) is 6.33 Å². The number of ether oxygens (including phenoxy) is 1. The summed E-state index contributed by atoms with van der Waals surface area (Å²) >= 11 is 0. The van der Waals surface area contributed by atoms with Crippen molar-refractivity contribution in [2.75, 3.05) is 17.2 Å². The minimum atomic E-state index is -0.388. The lowest BCUT2D eigenvalue weighted by atomic mass is 10.1. The van der Waals surface area contributed by atoms with E-state index in [1.54, 1.807) is 18.3 Å². The molecule has 4 N–H and O–H groups in total. The van der Waals surface area contributed by atoms with Crippen LogP contribution in [0.2, 0.25) is 0 Å². The molecule has 10 heteroatoms. The van der Waals surface area contributed by atoms with Gasteiger partial charge in [-0.25, -0.2) is 9.97 Å². The molecule has 3 aromatic rings. The minimum absolute atomic E-state index is 0.00886. The number of benzene rings is 1. The lowest BCUT2D eigenvalue weighted by molar-refractivity contribution is -0.119. The molecule has 3 heterocycles. The molecule has 0 radical (unpaired) electrons. The van der Waals surface area contributed by atoms with Gasteiger partial charge in [-0.05, 0) is 30.0 Å². The second-order valence-electron chi connectivity index (χ2n) is 7.81. The van der Waals surface area contributed by atoms with Gasteiger partial charge in [0.15, 0.2) is 12.3 Å². The van der Waals surface area contributed by atoms with Crippen molar-refractivity contribution < 1.29 is 19.1 Å². The van der Waals surface area contributed by atoms with Crippen molar-refractivity contribution in [2.45, 2.75) is 19.9 Å². The molecule has 0 spiro atoms. The molecule has 0 saturated heterocycles. The number of carbonyl (C=O) groups is 3. The standard InChI is InChI=1S/C21H20N6O4/c1-10-4-12(10)20(29)27-14-7-22-18-17(14)24-9-25-19(18)21(30)23-6-11-2-3-15-13(5-11)26-16(28)8-31-15/h2-3,5,7,9-10,12,22H,4,6,8H2,1H3,(H,23,30)(H,26,28)(H,27,29)/t10-,12-/m1/s1. The van der Waals surface area contributed by atoms with E-state index < -0.39 is 0 Å². The highest BCUT2D eigenvalue weighted by Crippen LogP contribution is 2.39. The Bertz CT molecular complexity index is 1220. The van der Waals surface area contributed by atoms with Gasteiger partial charge in [-0.2, -0.15) is 0 Å². The van der Waals surface area contributed by atoms with Crippen LogP contribution < -0.4 is 20.7 Å². The second-order valence-corrected chi connectivity index (χ2v) is 7.81. The molecule has 1 aromatic carbocycles. The summed E-state index contributed by atoms with van der Waals surface area (Å²) in [5.41, 5.74) is 3.00. The number of aromatic amines is 1. The highest BCUT2D eigenvalue weighted by atomic mass is 16.5. The molecule has 2 aromatic heterocycles. The topological polar surface area (TPSA) is 138 Å². The van der Waals surface area contributed by atoms with E-state index in [4.69, 9.17) is 4.74 Å². The second kappa shape index (κ2) is 7.38. The summed E-state index contributed by atoms with van der Waals surface area (Å²) in [5, 5.41) is 8.44. The maximum atomic E-state index is 12.8. The molecule has 5 rings (SSSR count). The van der Waals surface area contributed by atoms with Crippen LogP contribution in [0.25, 0.3) is 11.0 Å². The third-order valence-electron chi connectivity index (χ3n) is 5.51. The van der Waals surface area contributed by atoms with E-state index in [0.29, 0.717) is 34.1 Å². The molecule has 1 saturated carbocycles. The number of hydrogen-bond acceptors (Lipinski definition) is 6. The van der Waals surface area contributed by atoms with Crippen LogP contribution in [-0.2, 0) is 16.1 Å². The summed E-state index contributed by atoms with van der Waals surface area (Å²) < 4.78 is 5.34. The van der Waals surface area contributed by atoms with Crippen molar-refractivity contribution in [1.82, 2.24) is 20.3 Å². The molecule has 1 aliphatic carbocycles. The van der Waals surface area contributed by atoms with E-state index in [9.17, 15) is 14.4 Å². The number of nitrogens with one attached hydrogen (secondary N) is 4. The van der Waals surface area contributed by atoms with Crippen molar-refractivity contribution in [1.29, 1.82) is 0 Å². The van der Waals surface area contributed by atoms with Gasteiger partial charge in [-0.15, -0.1) is 0 Å². The Hall–Kier alpha value is -3.95. The van der Waals surface area contributed by atoms with Crippen molar-refractivity contribution >= 4 is 40.1 Å². The first kappa shape index (κ1) is 19.0. The number of fused-ring (bicyclic) bond motifs is 2. The fourth-order valence-electron chi connectivity index (χ4n) is 3.63. The largest absolute Gasteiger partial charge is 0.482 e. The monoisotopic (exact) mass is 420 g/mol. The molecule has 158 valence electrons. The van der Waals surface area contributed by atoms with E-state index in [0.717, 1.165) is 12.0 Å². The molecule has 1 fully saturated rings. The number of carbonyl (C=O) groups excluding carboxylic acids is 3. The quantitative estimate of drug-likeness (QED) is 0.497. The molecule has 31 heavy (non-hydrogen) atoms. The fraction of sp³-hybridized carbons (Fsp3) is 0.286. The predicted molar refractivity (Wildman–Crippen MR) is 112 cm³/mol. The number of hydrogen-bond donors (Lipinski definition) is 4. The molecular formula is C21H20N6O4. The maximum absolute atomic E-state index is 12.8. The zero-order valence-corrected chi connectivity index (χ0v) is 16.7. The Balaban J connectivity index is 1.30. The average Bonchev–Trinajstić information content (AvgIpc) is 3.37.